The monoisotopic (exact) mass is 276 g/mol. The lowest BCUT2D eigenvalue weighted by molar-refractivity contribution is -0.151. The van der Waals surface area contributed by atoms with Crippen molar-refractivity contribution < 1.29 is 14.7 Å². The number of nitrogens with one attached hydrogen (secondary N) is 1. The first-order valence-corrected chi connectivity index (χ1v) is 6.93. The maximum absolute atomic E-state index is 12.2. The van der Waals surface area contributed by atoms with Crippen LogP contribution in [0.15, 0.2) is 24.3 Å². The van der Waals surface area contributed by atoms with Crippen LogP contribution in [0.1, 0.15) is 24.5 Å². The number of carbonyl (C=O) groups is 2. The summed E-state index contributed by atoms with van der Waals surface area (Å²) >= 11 is 0. The van der Waals surface area contributed by atoms with Crippen molar-refractivity contribution in [3.8, 4) is 0 Å². The molecule has 1 aromatic carbocycles. The van der Waals surface area contributed by atoms with Gasteiger partial charge < -0.3 is 15.3 Å². The molecule has 0 spiro atoms. The fraction of sp³-hybridized carbons (Fsp3) is 0.467. The molecule has 0 unspecified atom stereocenters. The molecular weight excluding hydrogens is 256 g/mol. The molecule has 0 radical (unpaired) electrons. The molecule has 2 rings (SSSR count). The van der Waals surface area contributed by atoms with Crippen LogP contribution in [0.5, 0.6) is 0 Å². The SMILES string of the molecule is CCNCCC(=O)N1Cc2ccccc2C[C@H]1C(=O)O. The second kappa shape index (κ2) is 6.52. The van der Waals surface area contributed by atoms with Gasteiger partial charge in [-0.15, -0.1) is 0 Å². The van der Waals surface area contributed by atoms with Crippen LogP contribution in [-0.4, -0.2) is 41.0 Å². The third-order valence-electron chi connectivity index (χ3n) is 3.62. The van der Waals surface area contributed by atoms with Gasteiger partial charge >= 0.3 is 5.97 Å². The van der Waals surface area contributed by atoms with Crippen molar-refractivity contribution in [3.05, 3.63) is 35.4 Å². The summed E-state index contributed by atoms with van der Waals surface area (Å²) in [6.07, 6.45) is 0.720. The molecule has 1 aliphatic rings. The highest BCUT2D eigenvalue weighted by Crippen LogP contribution is 2.24. The van der Waals surface area contributed by atoms with E-state index in [9.17, 15) is 14.7 Å². The van der Waals surface area contributed by atoms with E-state index < -0.39 is 12.0 Å². The predicted octanol–water partition coefficient (Wildman–Crippen LogP) is 1.02. The predicted molar refractivity (Wildman–Crippen MR) is 75.3 cm³/mol. The molecule has 1 aliphatic heterocycles. The van der Waals surface area contributed by atoms with Gasteiger partial charge in [-0.1, -0.05) is 31.2 Å². The molecule has 1 amide bonds. The zero-order chi connectivity index (χ0) is 14.5. The van der Waals surface area contributed by atoms with Crippen molar-refractivity contribution in [2.45, 2.75) is 32.4 Å². The van der Waals surface area contributed by atoms with E-state index in [0.29, 0.717) is 25.9 Å². The summed E-state index contributed by atoms with van der Waals surface area (Å²) in [6.45, 7) is 3.75. The number of hydrogen-bond donors (Lipinski definition) is 2. The molecule has 0 saturated heterocycles. The molecule has 5 heteroatoms. The first kappa shape index (κ1) is 14.5. The van der Waals surface area contributed by atoms with E-state index in [1.54, 1.807) is 0 Å². The smallest absolute Gasteiger partial charge is 0.326 e. The zero-order valence-corrected chi connectivity index (χ0v) is 11.6. The number of aliphatic carboxylic acids is 1. The summed E-state index contributed by atoms with van der Waals surface area (Å²) in [7, 11) is 0. The number of amides is 1. The number of carboxylic acid groups (broad SMARTS) is 1. The minimum atomic E-state index is -0.934. The van der Waals surface area contributed by atoms with Crippen molar-refractivity contribution in [1.29, 1.82) is 0 Å². The van der Waals surface area contributed by atoms with Crippen LogP contribution in [0.2, 0.25) is 0 Å². The van der Waals surface area contributed by atoms with Gasteiger partial charge in [0.2, 0.25) is 5.91 Å². The van der Waals surface area contributed by atoms with Crippen LogP contribution in [-0.2, 0) is 22.6 Å². The Hall–Kier alpha value is -1.88. The van der Waals surface area contributed by atoms with Crippen molar-refractivity contribution in [2.75, 3.05) is 13.1 Å². The minimum Gasteiger partial charge on any atom is -0.480 e. The Morgan fingerprint density at radius 1 is 1.35 bits per heavy atom. The maximum Gasteiger partial charge on any atom is 0.326 e. The highest BCUT2D eigenvalue weighted by atomic mass is 16.4. The average molecular weight is 276 g/mol. The van der Waals surface area contributed by atoms with Crippen molar-refractivity contribution >= 4 is 11.9 Å². The molecule has 0 aromatic heterocycles. The number of rotatable bonds is 5. The Kier molecular flexibility index (Phi) is 4.74. The van der Waals surface area contributed by atoms with E-state index in [0.717, 1.165) is 17.7 Å². The fourth-order valence-corrected chi connectivity index (χ4v) is 2.52. The highest BCUT2D eigenvalue weighted by Gasteiger charge is 2.33. The number of hydrogen-bond acceptors (Lipinski definition) is 3. The Morgan fingerprint density at radius 3 is 2.70 bits per heavy atom. The molecule has 20 heavy (non-hydrogen) atoms. The molecule has 1 atom stereocenters. The van der Waals surface area contributed by atoms with E-state index in [1.165, 1.54) is 4.90 Å². The summed E-state index contributed by atoms with van der Waals surface area (Å²) in [6, 6.07) is 6.96. The van der Waals surface area contributed by atoms with Gasteiger partial charge in [0.25, 0.3) is 0 Å². The molecule has 0 bridgehead atoms. The standard InChI is InChI=1S/C15H20N2O3/c1-2-16-8-7-14(18)17-10-12-6-4-3-5-11(12)9-13(17)15(19)20/h3-6,13,16H,2,7-10H2,1H3,(H,19,20)/t13-/m0/s1. The number of fused-ring (bicyclic) bond motifs is 1. The van der Waals surface area contributed by atoms with Crippen molar-refractivity contribution in [3.63, 3.8) is 0 Å². The van der Waals surface area contributed by atoms with Gasteiger partial charge in [0.05, 0.1) is 0 Å². The van der Waals surface area contributed by atoms with Gasteiger partial charge in [-0.25, -0.2) is 4.79 Å². The number of benzene rings is 1. The Balaban J connectivity index is 2.13. The van der Waals surface area contributed by atoms with E-state index >= 15 is 0 Å². The molecule has 5 nitrogen and oxygen atoms in total. The van der Waals surface area contributed by atoms with Crippen LogP contribution in [0.3, 0.4) is 0 Å². The Morgan fingerprint density at radius 2 is 2.05 bits per heavy atom. The zero-order valence-electron chi connectivity index (χ0n) is 11.6. The van der Waals surface area contributed by atoms with E-state index in [-0.39, 0.29) is 5.91 Å². The van der Waals surface area contributed by atoms with Crippen molar-refractivity contribution in [2.24, 2.45) is 0 Å². The Labute approximate surface area is 118 Å². The molecule has 1 aromatic rings. The summed E-state index contributed by atoms with van der Waals surface area (Å²) in [5.74, 6) is -1.04. The van der Waals surface area contributed by atoms with Crippen LogP contribution >= 0.6 is 0 Å². The van der Waals surface area contributed by atoms with Gasteiger partial charge in [-0.3, -0.25) is 4.79 Å². The Bertz CT molecular complexity index is 502. The van der Waals surface area contributed by atoms with E-state index in [1.807, 2.05) is 31.2 Å². The van der Waals surface area contributed by atoms with E-state index in [4.69, 9.17) is 0 Å². The lowest BCUT2D eigenvalue weighted by Crippen LogP contribution is -2.49. The first-order chi connectivity index (χ1) is 9.63. The number of nitrogens with zero attached hydrogens (tertiary/aromatic N) is 1. The first-order valence-electron chi connectivity index (χ1n) is 6.93. The van der Waals surface area contributed by atoms with Gasteiger partial charge in [-0.2, -0.15) is 0 Å². The van der Waals surface area contributed by atoms with Crippen LogP contribution < -0.4 is 5.32 Å². The molecule has 0 saturated carbocycles. The highest BCUT2D eigenvalue weighted by molar-refractivity contribution is 5.84. The normalized spacial score (nSPS) is 17.6. The van der Waals surface area contributed by atoms with Gasteiger partial charge in [0, 0.05) is 25.9 Å². The van der Waals surface area contributed by atoms with Gasteiger partial charge in [0.1, 0.15) is 6.04 Å². The lowest BCUT2D eigenvalue weighted by atomic mass is 9.93. The molecule has 108 valence electrons. The maximum atomic E-state index is 12.2. The summed E-state index contributed by atoms with van der Waals surface area (Å²) < 4.78 is 0. The van der Waals surface area contributed by atoms with Crippen molar-refractivity contribution in [1.82, 2.24) is 10.2 Å². The summed E-state index contributed by atoms with van der Waals surface area (Å²) in [5, 5.41) is 12.4. The third kappa shape index (κ3) is 3.17. The van der Waals surface area contributed by atoms with E-state index in [2.05, 4.69) is 5.32 Å². The average Bonchev–Trinajstić information content (AvgIpc) is 2.46. The number of carbonyl (C=O) groups excluding carboxylic acids is 1. The van der Waals surface area contributed by atoms with Crippen LogP contribution in [0, 0.1) is 0 Å². The molecule has 0 aliphatic carbocycles. The third-order valence-corrected chi connectivity index (χ3v) is 3.62. The van der Waals surface area contributed by atoms with Crippen LogP contribution in [0.4, 0.5) is 0 Å². The second-order valence-corrected chi connectivity index (χ2v) is 4.95. The lowest BCUT2D eigenvalue weighted by Gasteiger charge is -2.34. The number of carboxylic acids is 1. The van der Waals surface area contributed by atoms with Crippen LogP contribution in [0.25, 0.3) is 0 Å². The molecule has 2 N–H and O–H groups in total. The molecular formula is C15H20N2O3. The minimum absolute atomic E-state index is 0.104. The topological polar surface area (TPSA) is 69.6 Å². The van der Waals surface area contributed by atoms with Gasteiger partial charge in [0.15, 0.2) is 0 Å². The summed E-state index contributed by atoms with van der Waals surface area (Å²) in [5.41, 5.74) is 2.07. The largest absolute Gasteiger partial charge is 0.480 e. The molecule has 1 heterocycles. The second-order valence-electron chi connectivity index (χ2n) is 4.95. The summed E-state index contributed by atoms with van der Waals surface area (Å²) in [4.78, 5) is 25.1. The fourth-order valence-electron chi connectivity index (χ4n) is 2.52. The molecule has 0 fully saturated rings. The quantitative estimate of drug-likeness (QED) is 0.788. The van der Waals surface area contributed by atoms with Gasteiger partial charge in [-0.05, 0) is 17.7 Å².